The van der Waals surface area contributed by atoms with Gasteiger partial charge in [-0.25, -0.2) is 13.1 Å². The lowest BCUT2D eigenvalue weighted by Crippen LogP contribution is -2.45. The van der Waals surface area contributed by atoms with Gasteiger partial charge in [0.2, 0.25) is 15.9 Å². The minimum Gasteiger partial charge on any atom is -0.352 e. The van der Waals surface area contributed by atoms with Crippen molar-refractivity contribution in [3.05, 3.63) is 29.8 Å². The van der Waals surface area contributed by atoms with Gasteiger partial charge in [0.15, 0.2) is 0 Å². The molecule has 1 aliphatic rings. The van der Waals surface area contributed by atoms with E-state index in [0.29, 0.717) is 11.5 Å². The van der Waals surface area contributed by atoms with Crippen molar-refractivity contribution in [1.29, 1.82) is 0 Å². The summed E-state index contributed by atoms with van der Waals surface area (Å²) in [5.41, 5.74) is 0.303. The maximum Gasteiger partial charge on any atom is 0.251 e. The van der Waals surface area contributed by atoms with E-state index in [0.717, 1.165) is 19.3 Å². The Bertz CT molecular complexity index is 760. The monoisotopic (exact) mass is 395 g/mol. The average Bonchev–Trinajstić information content (AvgIpc) is 2.61. The molecule has 0 bridgehead atoms. The van der Waals surface area contributed by atoms with E-state index in [4.69, 9.17) is 0 Å². The highest BCUT2D eigenvalue weighted by Gasteiger charge is 2.23. The van der Waals surface area contributed by atoms with Crippen molar-refractivity contribution in [3.63, 3.8) is 0 Å². The molecule has 8 heteroatoms. The van der Waals surface area contributed by atoms with Gasteiger partial charge in [0.1, 0.15) is 0 Å². The Labute approximate surface area is 161 Å². The predicted molar refractivity (Wildman–Crippen MR) is 104 cm³/mol. The molecule has 2 atom stereocenters. The summed E-state index contributed by atoms with van der Waals surface area (Å²) in [4.78, 5) is 24.3. The molecule has 0 aromatic heterocycles. The number of hydrogen-bond acceptors (Lipinski definition) is 4. The molecule has 27 heavy (non-hydrogen) atoms. The summed E-state index contributed by atoms with van der Waals surface area (Å²) in [6.07, 6.45) is 4.39. The van der Waals surface area contributed by atoms with Crippen LogP contribution in [0.15, 0.2) is 29.2 Å². The largest absolute Gasteiger partial charge is 0.352 e. The quantitative estimate of drug-likeness (QED) is 0.655. The Morgan fingerprint density at radius 2 is 1.74 bits per heavy atom. The zero-order valence-electron chi connectivity index (χ0n) is 16.1. The van der Waals surface area contributed by atoms with Gasteiger partial charge >= 0.3 is 0 Å². The summed E-state index contributed by atoms with van der Waals surface area (Å²) in [6, 6.07) is 5.58. The average molecular weight is 396 g/mol. The zero-order valence-corrected chi connectivity index (χ0v) is 16.9. The van der Waals surface area contributed by atoms with E-state index < -0.39 is 15.9 Å². The van der Waals surface area contributed by atoms with E-state index in [-0.39, 0.29) is 29.4 Å². The molecule has 7 nitrogen and oxygen atoms in total. The lowest BCUT2D eigenvalue weighted by atomic mass is 9.86. The van der Waals surface area contributed by atoms with Crippen LogP contribution in [0.4, 0.5) is 0 Å². The van der Waals surface area contributed by atoms with Crippen LogP contribution in [-0.4, -0.2) is 38.9 Å². The highest BCUT2D eigenvalue weighted by molar-refractivity contribution is 7.89. The Morgan fingerprint density at radius 3 is 2.33 bits per heavy atom. The van der Waals surface area contributed by atoms with Crippen LogP contribution in [0.3, 0.4) is 0 Å². The second kappa shape index (κ2) is 9.32. The first-order chi connectivity index (χ1) is 12.7. The van der Waals surface area contributed by atoms with E-state index in [1.807, 2.05) is 0 Å². The van der Waals surface area contributed by atoms with Gasteiger partial charge in [-0.1, -0.05) is 19.8 Å². The molecule has 2 amide bonds. The zero-order chi connectivity index (χ0) is 20.0. The molecule has 0 unspecified atom stereocenters. The lowest BCUT2D eigenvalue weighted by Gasteiger charge is -2.29. The Morgan fingerprint density at radius 1 is 1.11 bits per heavy atom. The van der Waals surface area contributed by atoms with Crippen molar-refractivity contribution in [2.24, 2.45) is 5.92 Å². The molecule has 0 aliphatic heterocycles. The van der Waals surface area contributed by atoms with Gasteiger partial charge < -0.3 is 10.6 Å². The fourth-order valence-corrected chi connectivity index (χ4v) is 4.47. The highest BCUT2D eigenvalue weighted by atomic mass is 32.2. The summed E-state index contributed by atoms with van der Waals surface area (Å²) >= 11 is 0. The molecule has 2 rings (SSSR count). The van der Waals surface area contributed by atoms with E-state index in [1.165, 1.54) is 30.7 Å². The van der Waals surface area contributed by atoms with Gasteiger partial charge in [-0.15, -0.1) is 0 Å². The summed E-state index contributed by atoms with van der Waals surface area (Å²) in [5, 5.41) is 5.56. The fourth-order valence-electron chi connectivity index (χ4n) is 3.21. The van der Waals surface area contributed by atoms with Gasteiger partial charge in [0.25, 0.3) is 5.91 Å². The van der Waals surface area contributed by atoms with Gasteiger partial charge in [-0.05, 0) is 56.9 Å². The van der Waals surface area contributed by atoms with Crippen molar-refractivity contribution in [2.45, 2.75) is 63.4 Å². The number of benzene rings is 1. The van der Waals surface area contributed by atoms with Crippen LogP contribution in [0.2, 0.25) is 0 Å². The number of hydrogen-bond donors (Lipinski definition) is 3. The van der Waals surface area contributed by atoms with Crippen molar-refractivity contribution in [1.82, 2.24) is 15.4 Å². The van der Waals surface area contributed by atoms with Crippen molar-refractivity contribution >= 4 is 21.8 Å². The van der Waals surface area contributed by atoms with E-state index in [2.05, 4.69) is 22.3 Å². The molecule has 3 N–H and O–H groups in total. The molecule has 1 fully saturated rings. The van der Waals surface area contributed by atoms with E-state index >= 15 is 0 Å². The molecule has 1 aromatic rings. The molecule has 0 heterocycles. The molecular weight excluding hydrogens is 366 g/mol. The fraction of sp³-hybridized carbons (Fsp3) is 0.579. The summed E-state index contributed by atoms with van der Waals surface area (Å²) in [7, 11) is -3.60. The maximum absolute atomic E-state index is 12.2. The molecule has 0 spiro atoms. The molecule has 1 aromatic carbocycles. The molecule has 0 saturated heterocycles. The molecular formula is C19H29N3O4S. The summed E-state index contributed by atoms with van der Waals surface area (Å²) < 4.78 is 26.7. The topological polar surface area (TPSA) is 104 Å². The SMILES string of the molecule is CC(C)NS(=O)(=O)c1ccc(C(=O)NCC(=O)N[C@H]2CCCC[C@H]2C)cc1. The minimum atomic E-state index is -3.60. The third-order valence-corrected chi connectivity index (χ3v) is 6.36. The number of carbonyl (C=O) groups excluding carboxylic acids is 2. The van der Waals surface area contributed by atoms with Gasteiger partial charge in [-0.3, -0.25) is 9.59 Å². The van der Waals surface area contributed by atoms with E-state index in [9.17, 15) is 18.0 Å². The maximum atomic E-state index is 12.2. The Hall–Kier alpha value is -1.93. The van der Waals surface area contributed by atoms with Gasteiger partial charge in [0.05, 0.1) is 11.4 Å². The molecule has 1 aliphatic carbocycles. The smallest absolute Gasteiger partial charge is 0.251 e. The minimum absolute atomic E-state index is 0.0942. The van der Waals surface area contributed by atoms with Crippen molar-refractivity contribution in [3.8, 4) is 0 Å². The molecule has 1 saturated carbocycles. The Kier molecular flexibility index (Phi) is 7.38. The van der Waals surface area contributed by atoms with Crippen LogP contribution in [0.5, 0.6) is 0 Å². The van der Waals surface area contributed by atoms with Crippen LogP contribution < -0.4 is 15.4 Å². The lowest BCUT2D eigenvalue weighted by molar-refractivity contribution is -0.121. The third kappa shape index (κ3) is 6.32. The van der Waals surface area contributed by atoms with Crippen molar-refractivity contribution in [2.75, 3.05) is 6.54 Å². The standard InChI is InChI=1S/C19H29N3O4S/c1-13(2)22-27(25,26)16-10-8-15(9-11-16)19(24)20-12-18(23)21-17-7-5-4-6-14(17)3/h8-11,13-14,17,22H,4-7,12H2,1-3H3,(H,20,24)(H,21,23)/t14-,17+/m1/s1. The van der Waals surface area contributed by atoms with Crippen LogP contribution in [0.1, 0.15) is 56.8 Å². The van der Waals surface area contributed by atoms with Gasteiger partial charge in [0, 0.05) is 17.6 Å². The van der Waals surface area contributed by atoms with Crippen LogP contribution in [0.25, 0.3) is 0 Å². The van der Waals surface area contributed by atoms with Gasteiger partial charge in [-0.2, -0.15) is 0 Å². The molecule has 150 valence electrons. The predicted octanol–water partition coefficient (Wildman–Crippen LogP) is 1.80. The summed E-state index contributed by atoms with van der Waals surface area (Å²) in [5.74, 6) is -0.169. The second-order valence-electron chi connectivity index (χ2n) is 7.42. The van der Waals surface area contributed by atoms with Crippen LogP contribution in [-0.2, 0) is 14.8 Å². The number of carbonyl (C=O) groups is 2. The summed E-state index contributed by atoms with van der Waals surface area (Å²) in [6.45, 7) is 5.50. The number of amides is 2. The second-order valence-corrected chi connectivity index (χ2v) is 9.13. The first-order valence-corrected chi connectivity index (χ1v) is 10.9. The van der Waals surface area contributed by atoms with E-state index in [1.54, 1.807) is 13.8 Å². The Balaban J connectivity index is 1.87. The number of nitrogens with one attached hydrogen (secondary N) is 3. The normalized spacial score (nSPS) is 20.3. The number of rotatable bonds is 7. The highest BCUT2D eigenvalue weighted by Crippen LogP contribution is 2.23. The number of sulfonamides is 1. The third-order valence-electron chi connectivity index (χ3n) is 4.69. The first kappa shape index (κ1) is 21.4. The van der Waals surface area contributed by atoms with Crippen LogP contribution in [0, 0.1) is 5.92 Å². The van der Waals surface area contributed by atoms with Crippen LogP contribution >= 0.6 is 0 Å². The first-order valence-electron chi connectivity index (χ1n) is 9.39. The molecule has 0 radical (unpaired) electrons. The van der Waals surface area contributed by atoms with Crippen molar-refractivity contribution < 1.29 is 18.0 Å².